The Labute approximate surface area is 115 Å². The van der Waals surface area contributed by atoms with Crippen LogP contribution in [-0.4, -0.2) is 28.6 Å². The van der Waals surface area contributed by atoms with Crippen LogP contribution < -0.4 is 5.32 Å². The summed E-state index contributed by atoms with van der Waals surface area (Å²) in [7, 11) is 0. The molecular weight excluding hydrogens is 331 g/mol. The van der Waals surface area contributed by atoms with Gasteiger partial charge < -0.3 is 10.4 Å². The van der Waals surface area contributed by atoms with Crippen molar-refractivity contribution in [3.05, 3.63) is 27.6 Å². The average Bonchev–Trinajstić information content (AvgIpc) is 2.25. The molecule has 0 spiro atoms. The minimum atomic E-state index is -0.491. The highest BCUT2D eigenvalue weighted by atomic mass is 127. The van der Waals surface area contributed by atoms with Gasteiger partial charge in [0.25, 0.3) is 5.91 Å². The summed E-state index contributed by atoms with van der Waals surface area (Å²) in [6.07, 6.45) is 3.40. The molecule has 5 heteroatoms. The van der Waals surface area contributed by atoms with Crippen molar-refractivity contribution < 1.29 is 9.90 Å². The lowest BCUT2D eigenvalue weighted by atomic mass is 10.1. The quantitative estimate of drug-likeness (QED) is 0.798. The molecule has 0 radical (unpaired) electrons. The van der Waals surface area contributed by atoms with Crippen molar-refractivity contribution in [1.82, 2.24) is 10.3 Å². The molecule has 94 valence electrons. The lowest BCUT2D eigenvalue weighted by Crippen LogP contribution is -2.32. The number of halogens is 1. The van der Waals surface area contributed by atoms with Crippen LogP contribution in [0.5, 0.6) is 0 Å². The largest absolute Gasteiger partial charge is 0.391 e. The number of hydrogen-bond donors (Lipinski definition) is 2. The summed E-state index contributed by atoms with van der Waals surface area (Å²) >= 11 is 2.10. The average molecular weight is 348 g/mol. The summed E-state index contributed by atoms with van der Waals surface area (Å²) in [6.45, 7) is 4.35. The first-order valence-corrected chi connectivity index (χ1v) is 6.63. The fourth-order valence-electron chi connectivity index (χ4n) is 1.48. The zero-order valence-electron chi connectivity index (χ0n) is 9.98. The molecule has 0 aromatic carbocycles. The van der Waals surface area contributed by atoms with E-state index in [2.05, 4.69) is 32.9 Å². The van der Waals surface area contributed by atoms with Gasteiger partial charge in [-0.25, -0.2) is 0 Å². The number of hydrogen-bond acceptors (Lipinski definition) is 3. The number of rotatable bonds is 5. The molecule has 1 aromatic rings. The zero-order chi connectivity index (χ0) is 12.8. The number of nitrogens with zero attached hydrogens (tertiary/aromatic N) is 1. The number of aliphatic hydroxyl groups is 1. The van der Waals surface area contributed by atoms with Gasteiger partial charge >= 0.3 is 0 Å². The second kappa shape index (κ2) is 6.90. The first-order valence-electron chi connectivity index (χ1n) is 5.56. The van der Waals surface area contributed by atoms with E-state index in [1.54, 1.807) is 12.3 Å². The van der Waals surface area contributed by atoms with Crippen LogP contribution in [0.1, 0.15) is 30.6 Å². The van der Waals surface area contributed by atoms with E-state index < -0.39 is 6.10 Å². The first kappa shape index (κ1) is 14.4. The smallest absolute Gasteiger partial charge is 0.252 e. The molecule has 17 heavy (non-hydrogen) atoms. The molecule has 1 aromatic heterocycles. The molecule has 0 saturated carbocycles. The van der Waals surface area contributed by atoms with Crippen LogP contribution >= 0.6 is 22.6 Å². The van der Waals surface area contributed by atoms with Gasteiger partial charge in [0.2, 0.25) is 0 Å². The van der Waals surface area contributed by atoms with Gasteiger partial charge in [-0.1, -0.05) is 13.8 Å². The number of aromatic nitrogens is 1. The third kappa shape index (κ3) is 5.45. The standard InChI is InChI=1S/C12H17IN2O2/c1-8(2)3-11(16)7-15-12(17)9-4-10(13)6-14-5-9/h4-6,8,11,16H,3,7H2,1-2H3,(H,15,17)/t11-/m1/s1. The number of carbonyl (C=O) groups is 1. The van der Waals surface area contributed by atoms with Gasteiger partial charge in [-0.3, -0.25) is 9.78 Å². The van der Waals surface area contributed by atoms with E-state index in [1.165, 1.54) is 6.20 Å². The molecule has 1 heterocycles. The van der Waals surface area contributed by atoms with Crippen molar-refractivity contribution in [3.63, 3.8) is 0 Å². The fourth-order valence-corrected chi connectivity index (χ4v) is 1.97. The normalized spacial score (nSPS) is 12.5. The summed E-state index contributed by atoms with van der Waals surface area (Å²) < 4.78 is 0.915. The highest BCUT2D eigenvalue weighted by Gasteiger charge is 2.10. The molecular formula is C12H17IN2O2. The second-order valence-corrected chi connectivity index (χ2v) is 5.63. The number of nitrogens with one attached hydrogen (secondary N) is 1. The number of aliphatic hydroxyl groups excluding tert-OH is 1. The predicted octanol–water partition coefficient (Wildman–Crippen LogP) is 1.82. The van der Waals surface area contributed by atoms with Crippen LogP contribution in [0.4, 0.5) is 0 Å². The topological polar surface area (TPSA) is 62.2 Å². The van der Waals surface area contributed by atoms with Crippen molar-refractivity contribution in [3.8, 4) is 0 Å². The summed E-state index contributed by atoms with van der Waals surface area (Å²) in [6, 6.07) is 1.76. The maximum atomic E-state index is 11.7. The van der Waals surface area contributed by atoms with Gasteiger partial charge in [0.15, 0.2) is 0 Å². The summed E-state index contributed by atoms with van der Waals surface area (Å²) in [5.41, 5.74) is 0.522. The van der Waals surface area contributed by atoms with E-state index in [0.717, 1.165) is 3.57 Å². The Morgan fingerprint density at radius 2 is 2.24 bits per heavy atom. The van der Waals surface area contributed by atoms with Gasteiger partial charge in [0.1, 0.15) is 0 Å². The molecule has 0 unspecified atom stereocenters. The van der Waals surface area contributed by atoms with Crippen LogP contribution in [0.15, 0.2) is 18.5 Å². The Morgan fingerprint density at radius 1 is 1.53 bits per heavy atom. The van der Waals surface area contributed by atoms with Crippen molar-refractivity contribution in [2.75, 3.05) is 6.54 Å². The lowest BCUT2D eigenvalue weighted by molar-refractivity contribution is 0.0900. The zero-order valence-corrected chi connectivity index (χ0v) is 12.1. The highest BCUT2D eigenvalue weighted by molar-refractivity contribution is 14.1. The van der Waals surface area contributed by atoms with Crippen molar-refractivity contribution >= 4 is 28.5 Å². The minimum absolute atomic E-state index is 0.196. The van der Waals surface area contributed by atoms with E-state index in [-0.39, 0.29) is 12.5 Å². The van der Waals surface area contributed by atoms with Gasteiger partial charge in [-0.2, -0.15) is 0 Å². The van der Waals surface area contributed by atoms with Crippen molar-refractivity contribution in [1.29, 1.82) is 0 Å². The SMILES string of the molecule is CC(C)C[C@@H](O)CNC(=O)c1cncc(I)c1. The second-order valence-electron chi connectivity index (χ2n) is 4.39. The van der Waals surface area contributed by atoms with Gasteiger partial charge in [-0.05, 0) is 41.0 Å². The van der Waals surface area contributed by atoms with E-state index in [0.29, 0.717) is 17.9 Å². The van der Waals surface area contributed by atoms with Crippen LogP contribution in [0.2, 0.25) is 0 Å². The Balaban J connectivity index is 2.45. The maximum absolute atomic E-state index is 11.7. The Morgan fingerprint density at radius 3 is 2.82 bits per heavy atom. The maximum Gasteiger partial charge on any atom is 0.252 e. The summed E-state index contributed by atoms with van der Waals surface area (Å²) in [4.78, 5) is 15.7. The molecule has 1 atom stereocenters. The van der Waals surface area contributed by atoms with Gasteiger partial charge in [0.05, 0.1) is 11.7 Å². The molecule has 2 N–H and O–H groups in total. The van der Waals surface area contributed by atoms with Crippen LogP contribution in [0.25, 0.3) is 0 Å². The molecule has 1 amide bonds. The van der Waals surface area contributed by atoms with E-state index >= 15 is 0 Å². The molecule has 0 bridgehead atoms. The number of pyridine rings is 1. The molecule has 4 nitrogen and oxygen atoms in total. The highest BCUT2D eigenvalue weighted by Crippen LogP contribution is 2.06. The predicted molar refractivity (Wildman–Crippen MR) is 74.7 cm³/mol. The van der Waals surface area contributed by atoms with Crippen LogP contribution in [0, 0.1) is 9.49 Å². The third-order valence-electron chi connectivity index (χ3n) is 2.21. The lowest BCUT2D eigenvalue weighted by Gasteiger charge is -2.13. The Kier molecular flexibility index (Phi) is 5.84. The Hall–Kier alpha value is -0.690. The van der Waals surface area contributed by atoms with E-state index in [9.17, 15) is 9.90 Å². The molecule has 1 rings (SSSR count). The molecule has 0 aliphatic carbocycles. The summed E-state index contributed by atoms with van der Waals surface area (Å²) in [5.74, 6) is 0.222. The van der Waals surface area contributed by atoms with Crippen molar-refractivity contribution in [2.45, 2.75) is 26.4 Å². The van der Waals surface area contributed by atoms with E-state index in [1.807, 2.05) is 13.8 Å². The monoisotopic (exact) mass is 348 g/mol. The number of amides is 1. The Bertz CT molecular complexity index is 383. The number of carbonyl (C=O) groups excluding carboxylic acids is 1. The van der Waals surface area contributed by atoms with E-state index in [4.69, 9.17) is 0 Å². The van der Waals surface area contributed by atoms with Crippen LogP contribution in [-0.2, 0) is 0 Å². The molecule has 0 aliphatic heterocycles. The van der Waals surface area contributed by atoms with Gasteiger partial charge in [-0.15, -0.1) is 0 Å². The van der Waals surface area contributed by atoms with Crippen molar-refractivity contribution in [2.24, 2.45) is 5.92 Å². The first-order chi connectivity index (χ1) is 7.99. The molecule has 0 saturated heterocycles. The minimum Gasteiger partial charge on any atom is -0.391 e. The van der Waals surface area contributed by atoms with Crippen LogP contribution in [0.3, 0.4) is 0 Å². The summed E-state index contributed by atoms with van der Waals surface area (Å²) in [5, 5.41) is 12.3. The third-order valence-corrected chi connectivity index (χ3v) is 2.80. The van der Waals surface area contributed by atoms with Gasteiger partial charge in [0, 0.05) is 22.5 Å². The molecule has 0 aliphatic rings. The fraction of sp³-hybridized carbons (Fsp3) is 0.500. The molecule has 0 fully saturated rings.